The minimum atomic E-state index is 0.859. The highest BCUT2D eigenvalue weighted by Crippen LogP contribution is 2.30. The second-order valence-corrected chi connectivity index (χ2v) is 3.96. The van der Waals surface area contributed by atoms with Crippen LogP contribution in [0, 0.1) is 5.92 Å². The van der Waals surface area contributed by atoms with Crippen LogP contribution in [0.15, 0.2) is 0 Å². The van der Waals surface area contributed by atoms with Crippen LogP contribution in [0.1, 0.15) is 32.6 Å². The maximum Gasteiger partial charge on any atom is -0.0264 e. The Morgan fingerprint density at radius 3 is 2.12 bits per heavy atom. The zero-order valence-electron chi connectivity index (χ0n) is 5.56. The van der Waals surface area contributed by atoms with E-state index in [0.717, 1.165) is 11.6 Å². The van der Waals surface area contributed by atoms with Crippen LogP contribution in [-0.2, 0) is 0 Å². The van der Waals surface area contributed by atoms with E-state index in [1.165, 1.54) is 25.7 Å². The number of hydrogen-bond donors (Lipinski definition) is 0. The summed E-state index contributed by atoms with van der Waals surface area (Å²) >= 11 is 0. The quantitative estimate of drug-likeness (QED) is 0.478. The average molecular weight is 130 g/mol. The van der Waals surface area contributed by atoms with E-state index < -0.39 is 0 Å². The van der Waals surface area contributed by atoms with Crippen LogP contribution < -0.4 is 0 Å². The Hall–Kier alpha value is 0.430. The van der Waals surface area contributed by atoms with Gasteiger partial charge in [0.05, 0.1) is 0 Å². The summed E-state index contributed by atoms with van der Waals surface area (Å²) in [5.41, 5.74) is 0.859. The van der Waals surface area contributed by atoms with Gasteiger partial charge in [0.2, 0.25) is 0 Å². The van der Waals surface area contributed by atoms with Crippen LogP contribution in [0.4, 0.5) is 0 Å². The third-order valence-electron chi connectivity index (χ3n) is 2.14. The molecule has 0 aliphatic heterocycles. The molecule has 2 unspecified atom stereocenters. The zero-order valence-corrected chi connectivity index (χ0v) is 6.72. The van der Waals surface area contributed by atoms with E-state index in [9.17, 15) is 0 Å². The average Bonchev–Trinajstić information content (AvgIpc) is 2.12. The summed E-state index contributed by atoms with van der Waals surface area (Å²) in [6.07, 6.45) is 5.90. The van der Waals surface area contributed by atoms with Crippen LogP contribution in [0.2, 0.25) is 0 Å². The molecule has 1 rings (SSSR count). The maximum atomic E-state index is 2.90. The van der Waals surface area contributed by atoms with E-state index in [-0.39, 0.29) is 0 Å². The SMILES string of the molecule is CC(P)C1CCCC1. The summed E-state index contributed by atoms with van der Waals surface area (Å²) in [7, 11) is 2.90. The summed E-state index contributed by atoms with van der Waals surface area (Å²) < 4.78 is 0. The van der Waals surface area contributed by atoms with E-state index in [2.05, 4.69) is 16.2 Å². The molecule has 2 atom stereocenters. The fourth-order valence-electron chi connectivity index (χ4n) is 1.48. The smallest absolute Gasteiger partial charge is 0.0264 e. The topological polar surface area (TPSA) is 0 Å². The van der Waals surface area contributed by atoms with Crippen LogP contribution in [0.3, 0.4) is 0 Å². The van der Waals surface area contributed by atoms with Crippen molar-refractivity contribution in [2.75, 3.05) is 0 Å². The van der Waals surface area contributed by atoms with Crippen molar-refractivity contribution < 1.29 is 0 Å². The largest absolute Gasteiger partial charge is 0.134 e. The van der Waals surface area contributed by atoms with Crippen molar-refractivity contribution in [2.45, 2.75) is 38.3 Å². The molecule has 0 N–H and O–H groups in total. The lowest BCUT2D eigenvalue weighted by Gasteiger charge is -2.11. The molecule has 1 fully saturated rings. The lowest BCUT2D eigenvalue weighted by atomic mass is 10.1. The predicted molar refractivity (Wildman–Crippen MR) is 41.1 cm³/mol. The minimum Gasteiger partial charge on any atom is -0.134 e. The Kier molecular flexibility index (Phi) is 2.31. The number of hydrogen-bond acceptors (Lipinski definition) is 0. The molecular weight excluding hydrogens is 115 g/mol. The van der Waals surface area contributed by atoms with E-state index in [1.807, 2.05) is 0 Å². The van der Waals surface area contributed by atoms with Crippen LogP contribution >= 0.6 is 9.24 Å². The predicted octanol–water partition coefficient (Wildman–Crippen LogP) is 2.44. The van der Waals surface area contributed by atoms with Crippen molar-refractivity contribution in [3.05, 3.63) is 0 Å². The van der Waals surface area contributed by atoms with Crippen LogP contribution in [0.5, 0.6) is 0 Å². The number of rotatable bonds is 1. The van der Waals surface area contributed by atoms with Gasteiger partial charge in [0, 0.05) is 0 Å². The van der Waals surface area contributed by atoms with Gasteiger partial charge in [-0.2, -0.15) is 0 Å². The molecular formula is C7H15P. The van der Waals surface area contributed by atoms with Gasteiger partial charge in [0.1, 0.15) is 0 Å². The van der Waals surface area contributed by atoms with E-state index >= 15 is 0 Å². The molecule has 1 saturated carbocycles. The Morgan fingerprint density at radius 1 is 1.38 bits per heavy atom. The van der Waals surface area contributed by atoms with Gasteiger partial charge >= 0.3 is 0 Å². The fraction of sp³-hybridized carbons (Fsp3) is 1.00. The lowest BCUT2D eigenvalue weighted by molar-refractivity contribution is 0.544. The molecule has 1 aliphatic rings. The highest BCUT2D eigenvalue weighted by Gasteiger charge is 2.17. The molecule has 0 aromatic rings. The molecule has 1 heteroatoms. The Labute approximate surface area is 54.3 Å². The van der Waals surface area contributed by atoms with Gasteiger partial charge in [-0.3, -0.25) is 0 Å². The molecule has 0 radical (unpaired) electrons. The summed E-state index contributed by atoms with van der Waals surface area (Å²) in [5.74, 6) is 1.03. The molecule has 0 nitrogen and oxygen atoms in total. The van der Waals surface area contributed by atoms with E-state index in [0.29, 0.717) is 0 Å². The van der Waals surface area contributed by atoms with Crippen molar-refractivity contribution in [1.29, 1.82) is 0 Å². The monoisotopic (exact) mass is 130 g/mol. The van der Waals surface area contributed by atoms with Crippen molar-refractivity contribution in [3.63, 3.8) is 0 Å². The molecule has 48 valence electrons. The van der Waals surface area contributed by atoms with Gasteiger partial charge in [0.15, 0.2) is 0 Å². The van der Waals surface area contributed by atoms with Crippen LogP contribution in [-0.4, -0.2) is 5.66 Å². The third-order valence-corrected chi connectivity index (χ3v) is 2.69. The zero-order chi connectivity index (χ0) is 5.98. The molecule has 0 aromatic carbocycles. The van der Waals surface area contributed by atoms with Crippen LogP contribution in [0.25, 0.3) is 0 Å². The Balaban J connectivity index is 2.24. The lowest BCUT2D eigenvalue weighted by Crippen LogP contribution is -2.04. The summed E-state index contributed by atoms with van der Waals surface area (Å²) in [6, 6.07) is 0. The van der Waals surface area contributed by atoms with Crippen molar-refractivity contribution in [2.24, 2.45) is 5.92 Å². The van der Waals surface area contributed by atoms with Gasteiger partial charge in [-0.15, -0.1) is 9.24 Å². The fourth-order valence-corrected chi connectivity index (χ4v) is 1.87. The van der Waals surface area contributed by atoms with E-state index in [4.69, 9.17) is 0 Å². The summed E-state index contributed by atoms with van der Waals surface area (Å²) in [4.78, 5) is 0. The third kappa shape index (κ3) is 1.45. The maximum absolute atomic E-state index is 2.90. The minimum absolute atomic E-state index is 0.859. The van der Waals surface area contributed by atoms with Gasteiger partial charge < -0.3 is 0 Å². The summed E-state index contributed by atoms with van der Waals surface area (Å²) in [5, 5.41) is 0. The molecule has 0 amide bonds. The van der Waals surface area contributed by atoms with Gasteiger partial charge in [-0.05, 0) is 24.4 Å². The van der Waals surface area contributed by atoms with Crippen molar-refractivity contribution >= 4 is 9.24 Å². The van der Waals surface area contributed by atoms with Gasteiger partial charge in [-0.25, -0.2) is 0 Å². The molecule has 1 aliphatic carbocycles. The van der Waals surface area contributed by atoms with Crippen molar-refractivity contribution in [1.82, 2.24) is 0 Å². The first-order valence-electron chi connectivity index (χ1n) is 3.56. The first-order chi connectivity index (χ1) is 3.80. The Morgan fingerprint density at radius 2 is 1.88 bits per heavy atom. The van der Waals surface area contributed by atoms with Gasteiger partial charge in [-0.1, -0.05) is 19.8 Å². The molecule has 0 spiro atoms. The standard InChI is InChI=1S/C7H15P/c1-6(8)7-4-2-3-5-7/h6-7H,2-5,8H2,1H3. The molecule has 8 heavy (non-hydrogen) atoms. The molecule has 0 heterocycles. The van der Waals surface area contributed by atoms with Crippen molar-refractivity contribution in [3.8, 4) is 0 Å². The normalized spacial score (nSPS) is 26.2. The first-order valence-corrected chi connectivity index (χ1v) is 4.23. The molecule has 0 bridgehead atoms. The highest BCUT2D eigenvalue weighted by atomic mass is 31.0. The Bertz CT molecular complexity index is 62.8. The summed E-state index contributed by atoms with van der Waals surface area (Å²) in [6.45, 7) is 2.31. The van der Waals surface area contributed by atoms with Gasteiger partial charge in [0.25, 0.3) is 0 Å². The molecule has 0 saturated heterocycles. The first kappa shape index (κ1) is 6.55. The second kappa shape index (κ2) is 2.82. The van der Waals surface area contributed by atoms with E-state index in [1.54, 1.807) is 0 Å². The highest BCUT2D eigenvalue weighted by molar-refractivity contribution is 7.17. The molecule has 0 aromatic heterocycles. The second-order valence-electron chi connectivity index (χ2n) is 2.90.